The highest BCUT2D eigenvalue weighted by Gasteiger charge is 2.44. The molecular formula is C59H80ClN10O12PS. The van der Waals surface area contributed by atoms with E-state index in [4.69, 9.17) is 40.0 Å². The number of aryl methyl sites for hydroxylation is 1. The van der Waals surface area contributed by atoms with Crippen molar-refractivity contribution in [1.29, 1.82) is 0 Å². The molecule has 0 radical (unpaired) electrons. The number of aliphatic hydroxyl groups is 1. The summed E-state index contributed by atoms with van der Waals surface area (Å²) in [7, 11) is -0.985. The number of rotatable bonds is 31. The molecule has 84 heavy (non-hydrogen) atoms. The lowest BCUT2D eigenvalue weighted by Crippen LogP contribution is -2.57. The summed E-state index contributed by atoms with van der Waals surface area (Å²) in [6.45, 7) is 16.8. The SMILES string of the molecule is COc1cc(N2CCN(C(=O)CCOCCOCCOCCOCCOCCC(=O)N[C@H](C(=O)N3C[C@H](O)C[C@H]3C(=O)NCc3ccc(-c4scnc4C)cc3)C(C)(C)C)CC2)ccc1Nc1ncc(Cl)c(Nc2ccccc2P(C)(C)=O)n1. The highest BCUT2D eigenvalue weighted by molar-refractivity contribution is 7.70. The molecule has 3 aromatic carbocycles. The molecule has 2 aromatic heterocycles. The van der Waals surface area contributed by atoms with Crippen molar-refractivity contribution in [3.05, 3.63) is 94.7 Å². The number of amides is 4. The van der Waals surface area contributed by atoms with Gasteiger partial charge in [0, 0.05) is 69.2 Å². The van der Waals surface area contributed by atoms with Crippen LogP contribution in [0.2, 0.25) is 5.02 Å². The maximum absolute atomic E-state index is 14.0. The average Bonchev–Trinajstić information content (AvgIpc) is 4.29. The number of nitrogens with zero attached hydrogens (tertiary/aromatic N) is 6. The Labute approximate surface area is 501 Å². The summed E-state index contributed by atoms with van der Waals surface area (Å²) < 4.78 is 46.7. The number of methoxy groups -OCH3 is 1. The van der Waals surface area contributed by atoms with E-state index >= 15 is 0 Å². The van der Waals surface area contributed by atoms with Gasteiger partial charge in [-0.15, -0.1) is 11.3 Å². The predicted octanol–water partition coefficient (Wildman–Crippen LogP) is 6.63. The van der Waals surface area contributed by atoms with E-state index in [1.54, 1.807) is 31.8 Å². The van der Waals surface area contributed by atoms with Gasteiger partial charge in [0.25, 0.3) is 0 Å². The van der Waals surface area contributed by atoms with Crippen LogP contribution in [-0.2, 0) is 54.0 Å². The minimum Gasteiger partial charge on any atom is -0.494 e. The first-order valence-electron chi connectivity index (χ1n) is 28.1. The first-order valence-corrected chi connectivity index (χ1v) is 32.0. The quantitative estimate of drug-likeness (QED) is 0.0231. The zero-order valence-electron chi connectivity index (χ0n) is 49.0. The van der Waals surface area contributed by atoms with Crippen LogP contribution in [0.5, 0.6) is 5.75 Å². The monoisotopic (exact) mass is 1220 g/mol. The number of carbonyl (C=O) groups is 4. The molecule has 22 nitrogen and oxygen atoms in total. The molecule has 2 fully saturated rings. The number of aliphatic hydroxyl groups excluding tert-OH is 1. The third-order valence-electron chi connectivity index (χ3n) is 14.0. The molecule has 7 rings (SSSR count). The van der Waals surface area contributed by atoms with Crippen molar-refractivity contribution in [3.63, 3.8) is 0 Å². The van der Waals surface area contributed by atoms with Crippen LogP contribution < -0.4 is 36.2 Å². The summed E-state index contributed by atoms with van der Waals surface area (Å²) in [6, 6.07) is 19.2. The zero-order valence-corrected chi connectivity index (χ0v) is 51.5. The van der Waals surface area contributed by atoms with Gasteiger partial charge in [-0.2, -0.15) is 4.98 Å². The first kappa shape index (κ1) is 65.3. The minimum atomic E-state index is -2.58. The van der Waals surface area contributed by atoms with Crippen molar-refractivity contribution in [2.45, 2.75) is 71.7 Å². The largest absolute Gasteiger partial charge is 0.494 e. The normalized spacial score (nSPS) is 15.9. The summed E-state index contributed by atoms with van der Waals surface area (Å²) in [4.78, 5) is 73.3. The van der Waals surface area contributed by atoms with Gasteiger partial charge in [0.05, 0.1) is 119 Å². The van der Waals surface area contributed by atoms with Crippen molar-refractivity contribution in [1.82, 2.24) is 35.4 Å². The summed E-state index contributed by atoms with van der Waals surface area (Å²) in [5.41, 5.74) is 6.28. The summed E-state index contributed by atoms with van der Waals surface area (Å²) >= 11 is 8.03. The van der Waals surface area contributed by atoms with E-state index in [0.29, 0.717) is 118 Å². The number of thiazole rings is 1. The standard InChI is InChI=1S/C59H80ClN10O12PS/c1-40-53(84-39-63-40)42-14-12-41(13-15-42)36-61-56(74)48-35-44(71)38-70(48)57(75)54(59(2,3)4)66-51(72)18-24-78-26-28-80-30-32-82-33-31-81-29-27-79-25-19-52(73)69-22-20-68(21-23-69)43-16-17-46(49(34-43)77-5)65-58-62-37-45(60)55(67-58)64-47-10-8-9-11-50(47)83(6,7)76/h8-17,34,37,39,44,48,54,71H,18-33,35-36,38H2,1-7H3,(H,61,74)(H,66,72)(H2,62,64,65,67)/t44-,48+,54-/m1/s1. The molecule has 2 saturated heterocycles. The Morgan fingerprint density at radius 3 is 2.05 bits per heavy atom. The van der Waals surface area contributed by atoms with Gasteiger partial charge in [-0.1, -0.05) is 68.8 Å². The maximum Gasteiger partial charge on any atom is 0.246 e. The van der Waals surface area contributed by atoms with E-state index < -0.39 is 36.7 Å². The van der Waals surface area contributed by atoms with Crippen LogP contribution in [0.1, 0.15) is 51.3 Å². The van der Waals surface area contributed by atoms with Gasteiger partial charge in [0.2, 0.25) is 29.6 Å². The molecule has 2 aliphatic heterocycles. The van der Waals surface area contributed by atoms with Crippen LogP contribution in [0.3, 0.4) is 0 Å². The Morgan fingerprint density at radius 1 is 0.810 bits per heavy atom. The van der Waals surface area contributed by atoms with E-state index in [0.717, 1.165) is 27.4 Å². The van der Waals surface area contributed by atoms with E-state index in [1.165, 1.54) is 11.1 Å². The molecule has 456 valence electrons. The Morgan fingerprint density at radius 2 is 1.44 bits per heavy atom. The van der Waals surface area contributed by atoms with E-state index in [-0.39, 0.29) is 63.3 Å². The molecular weight excluding hydrogens is 1140 g/mol. The fraction of sp³-hybridized carbons (Fsp3) is 0.508. The van der Waals surface area contributed by atoms with Gasteiger partial charge >= 0.3 is 0 Å². The van der Waals surface area contributed by atoms with Crippen molar-refractivity contribution in [3.8, 4) is 16.2 Å². The Kier molecular flexibility index (Phi) is 24.7. The summed E-state index contributed by atoms with van der Waals surface area (Å²) in [5.74, 6) is 0.103. The number of benzene rings is 3. The van der Waals surface area contributed by atoms with Crippen molar-refractivity contribution >= 4 is 87.8 Å². The lowest BCUT2D eigenvalue weighted by atomic mass is 9.85. The molecule has 4 heterocycles. The number of para-hydroxylation sites is 1. The van der Waals surface area contributed by atoms with Crippen LogP contribution in [-0.4, -0.2) is 191 Å². The molecule has 25 heteroatoms. The zero-order chi connectivity index (χ0) is 60.2. The van der Waals surface area contributed by atoms with Crippen LogP contribution in [0.25, 0.3) is 10.4 Å². The lowest BCUT2D eigenvalue weighted by Gasteiger charge is -2.36. The fourth-order valence-corrected chi connectivity index (χ4v) is 11.6. The minimum absolute atomic E-state index is 0.0132. The number of aromatic nitrogens is 3. The third-order valence-corrected chi connectivity index (χ3v) is 16.8. The van der Waals surface area contributed by atoms with Gasteiger partial charge in [-0.05, 0) is 61.1 Å². The van der Waals surface area contributed by atoms with E-state index in [9.17, 15) is 28.8 Å². The van der Waals surface area contributed by atoms with Crippen molar-refractivity contribution in [2.75, 3.05) is 135 Å². The van der Waals surface area contributed by atoms with Crippen LogP contribution in [0.15, 0.2) is 78.4 Å². The second kappa shape index (κ2) is 31.7. The van der Waals surface area contributed by atoms with Gasteiger partial charge in [-0.25, -0.2) is 9.97 Å². The van der Waals surface area contributed by atoms with E-state index in [1.807, 2.05) is 105 Å². The van der Waals surface area contributed by atoms with E-state index in [2.05, 4.69) is 41.1 Å². The molecule has 3 atom stereocenters. The molecule has 4 amide bonds. The van der Waals surface area contributed by atoms with Gasteiger partial charge in [-0.3, -0.25) is 19.2 Å². The third kappa shape index (κ3) is 19.4. The smallest absolute Gasteiger partial charge is 0.246 e. The Hall–Kier alpha value is -6.27. The summed E-state index contributed by atoms with van der Waals surface area (Å²) in [6.07, 6.45) is 1.01. The number of hydrogen-bond donors (Lipinski definition) is 5. The van der Waals surface area contributed by atoms with Crippen molar-refractivity contribution < 1.29 is 57.3 Å². The summed E-state index contributed by atoms with van der Waals surface area (Å²) in [5, 5.41) is 23.8. The highest BCUT2D eigenvalue weighted by atomic mass is 35.5. The molecule has 0 unspecified atom stereocenters. The molecule has 0 bridgehead atoms. The molecule has 5 aromatic rings. The number of nitrogens with one attached hydrogen (secondary N) is 4. The maximum atomic E-state index is 14.0. The molecule has 2 aliphatic rings. The number of ether oxygens (including phenoxy) is 6. The van der Waals surface area contributed by atoms with Gasteiger partial charge in [0.1, 0.15) is 30.0 Å². The number of likely N-dealkylation sites (tertiary alicyclic amines) is 1. The molecule has 0 spiro atoms. The van der Waals surface area contributed by atoms with Crippen molar-refractivity contribution in [2.24, 2.45) is 5.41 Å². The average molecular weight is 1220 g/mol. The Bertz CT molecular complexity index is 3010. The first-order chi connectivity index (χ1) is 40.3. The second-order valence-corrected chi connectivity index (χ2v) is 26.2. The lowest BCUT2D eigenvalue weighted by molar-refractivity contribution is -0.144. The van der Waals surface area contributed by atoms with Gasteiger partial charge in [0.15, 0.2) is 5.82 Å². The predicted molar refractivity (Wildman–Crippen MR) is 326 cm³/mol. The number of hydrogen-bond acceptors (Lipinski definition) is 19. The fourth-order valence-electron chi connectivity index (χ4n) is 9.48. The number of anilines is 5. The van der Waals surface area contributed by atoms with Gasteiger partial charge < -0.3 is 74.1 Å². The molecule has 0 saturated carbocycles. The molecule has 0 aliphatic carbocycles. The van der Waals surface area contributed by atoms with Crippen LogP contribution in [0, 0.1) is 12.3 Å². The number of piperazine rings is 1. The number of halogens is 1. The van der Waals surface area contributed by atoms with Crippen LogP contribution in [0.4, 0.5) is 28.8 Å². The number of β-amino-alcohol motifs (C(OH)–C–C–N with tert-alkyl or cyclic N) is 1. The second-order valence-electron chi connectivity index (χ2n) is 21.8. The number of carbonyl (C=O) groups excluding carboxylic acids is 4. The topological polar surface area (TPSA) is 257 Å². The highest BCUT2D eigenvalue weighted by Crippen LogP contribution is 2.39. The van der Waals surface area contributed by atoms with Crippen LogP contribution >= 0.6 is 30.1 Å². The molecule has 5 N–H and O–H groups in total. The Balaban J connectivity index is 0.685.